The van der Waals surface area contributed by atoms with E-state index in [-0.39, 0.29) is 6.04 Å². The van der Waals surface area contributed by atoms with Crippen molar-refractivity contribution in [2.75, 3.05) is 6.54 Å². The van der Waals surface area contributed by atoms with Gasteiger partial charge in [0, 0.05) is 31.5 Å². The van der Waals surface area contributed by atoms with Crippen molar-refractivity contribution in [1.82, 2.24) is 20.1 Å². The van der Waals surface area contributed by atoms with E-state index in [1.165, 1.54) is 19.3 Å². The summed E-state index contributed by atoms with van der Waals surface area (Å²) in [5, 5.41) is 8.13. The summed E-state index contributed by atoms with van der Waals surface area (Å²) in [4.78, 5) is 4.63. The first-order valence-corrected chi connectivity index (χ1v) is 6.73. The first-order valence-electron chi connectivity index (χ1n) is 6.73. The van der Waals surface area contributed by atoms with Gasteiger partial charge in [-0.25, -0.2) is 9.67 Å². The lowest BCUT2D eigenvalue weighted by Gasteiger charge is -2.21. The van der Waals surface area contributed by atoms with Crippen LogP contribution in [0.4, 0.5) is 0 Å². The molecule has 5 nitrogen and oxygen atoms in total. The number of aryl methyl sites for hydroxylation is 1. The van der Waals surface area contributed by atoms with Crippen LogP contribution in [0.3, 0.4) is 0 Å². The second-order valence-electron chi connectivity index (χ2n) is 5.27. The molecule has 1 saturated heterocycles. The molecule has 5 heteroatoms. The van der Waals surface area contributed by atoms with Gasteiger partial charge < -0.3 is 11.1 Å². The standard InChI is InChI=1S/C12H21N5/c13-9-4-6-17-12(7-9)15-11(16-17)8-10-3-1-2-5-14-10/h9-10,14H,1-8,13H2. The Kier molecular flexibility index (Phi) is 3.11. The van der Waals surface area contributed by atoms with Crippen molar-refractivity contribution in [1.29, 1.82) is 0 Å². The number of nitrogens with two attached hydrogens (primary N) is 1. The maximum Gasteiger partial charge on any atom is 0.152 e. The first-order chi connectivity index (χ1) is 8.31. The molecule has 0 aliphatic carbocycles. The Morgan fingerprint density at radius 3 is 3.12 bits per heavy atom. The molecule has 3 rings (SSSR count). The topological polar surface area (TPSA) is 68.8 Å². The molecule has 2 aliphatic heterocycles. The molecule has 0 bridgehead atoms. The molecule has 1 aromatic heterocycles. The van der Waals surface area contributed by atoms with E-state index < -0.39 is 0 Å². The fourth-order valence-electron chi connectivity index (χ4n) is 2.79. The van der Waals surface area contributed by atoms with Crippen LogP contribution in [-0.2, 0) is 19.4 Å². The predicted octanol–water partition coefficient (Wildman–Crippen LogP) is 0.236. The summed E-state index contributed by atoms with van der Waals surface area (Å²) in [5.74, 6) is 2.07. The third kappa shape index (κ3) is 2.50. The van der Waals surface area contributed by atoms with Crippen molar-refractivity contribution in [3.05, 3.63) is 11.6 Å². The smallest absolute Gasteiger partial charge is 0.152 e. The zero-order valence-corrected chi connectivity index (χ0v) is 10.2. The van der Waals surface area contributed by atoms with E-state index in [0.29, 0.717) is 6.04 Å². The van der Waals surface area contributed by atoms with Crippen molar-refractivity contribution in [3.8, 4) is 0 Å². The Labute approximate surface area is 102 Å². The fraction of sp³-hybridized carbons (Fsp3) is 0.833. The molecule has 2 atom stereocenters. The van der Waals surface area contributed by atoms with Crippen LogP contribution in [0.5, 0.6) is 0 Å². The first kappa shape index (κ1) is 11.2. The van der Waals surface area contributed by atoms with E-state index in [1.807, 2.05) is 4.68 Å². The van der Waals surface area contributed by atoms with Crippen LogP contribution >= 0.6 is 0 Å². The largest absolute Gasteiger partial charge is 0.327 e. The summed E-state index contributed by atoms with van der Waals surface area (Å²) in [5.41, 5.74) is 5.95. The zero-order chi connectivity index (χ0) is 11.7. The number of aromatic nitrogens is 3. The number of fused-ring (bicyclic) bond motifs is 1. The van der Waals surface area contributed by atoms with Gasteiger partial charge in [0.2, 0.25) is 0 Å². The third-order valence-corrected chi connectivity index (χ3v) is 3.79. The minimum Gasteiger partial charge on any atom is -0.327 e. The van der Waals surface area contributed by atoms with Crippen molar-refractivity contribution in [3.63, 3.8) is 0 Å². The maximum atomic E-state index is 5.95. The Balaban J connectivity index is 1.67. The van der Waals surface area contributed by atoms with Gasteiger partial charge in [0.05, 0.1) is 0 Å². The van der Waals surface area contributed by atoms with E-state index in [2.05, 4.69) is 15.4 Å². The molecule has 0 aromatic carbocycles. The molecule has 2 unspecified atom stereocenters. The second-order valence-corrected chi connectivity index (χ2v) is 5.27. The molecular formula is C12H21N5. The average Bonchev–Trinajstić information content (AvgIpc) is 2.71. The predicted molar refractivity (Wildman–Crippen MR) is 65.7 cm³/mol. The van der Waals surface area contributed by atoms with Crippen LogP contribution in [0.25, 0.3) is 0 Å². The van der Waals surface area contributed by atoms with Crippen molar-refractivity contribution in [2.24, 2.45) is 5.73 Å². The van der Waals surface area contributed by atoms with Gasteiger partial charge in [0.1, 0.15) is 5.82 Å². The quantitative estimate of drug-likeness (QED) is 0.770. The Morgan fingerprint density at radius 1 is 1.35 bits per heavy atom. The highest BCUT2D eigenvalue weighted by Gasteiger charge is 2.21. The summed E-state index contributed by atoms with van der Waals surface area (Å²) in [6, 6.07) is 0.842. The SMILES string of the molecule is NC1CCn2nc(CC3CCCCN3)nc2C1. The summed E-state index contributed by atoms with van der Waals surface area (Å²) >= 11 is 0. The summed E-state index contributed by atoms with van der Waals surface area (Å²) < 4.78 is 2.04. The summed E-state index contributed by atoms with van der Waals surface area (Å²) in [7, 11) is 0. The number of hydrogen-bond donors (Lipinski definition) is 2. The van der Waals surface area contributed by atoms with E-state index in [4.69, 9.17) is 5.73 Å². The van der Waals surface area contributed by atoms with Crippen LogP contribution in [0.1, 0.15) is 37.3 Å². The van der Waals surface area contributed by atoms with E-state index >= 15 is 0 Å². The Bertz CT molecular complexity index is 380. The van der Waals surface area contributed by atoms with Crippen molar-refractivity contribution in [2.45, 2.75) is 57.2 Å². The van der Waals surface area contributed by atoms with Gasteiger partial charge in [-0.2, -0.15) is 5.10 Å². The molecule has 0 amide bonds. The molecule has 1 aromatic rings. The lowest BCUT2D eigenvalue weighted by molar-refractivity contribution is 0.392. The molecule has 1 fully saturated rings. The summed E-state index contributed by atoms with van der Waals surface area (Å²) in [6.07, 6.45) is 6.76. The van der Waals surface area contributed by atoms with Gasteiger partial charge in [-0.15, -0.1) is 0 Å². The normalized spacial score (nSPS) is 29.0. The van der Waals surface area contributed by atoms with Crippen LogP contribution in [0.2, 0.25) is 0 Å². The van der Waals surface area contributed by atoms with E-state index in [1.54, 1.807) is 0 Å². The number of nitrogens with zero attached hydrogens (tertiary/aromatic N) is 3. The van der Waals surface area contributed by atoms with Crippen molar-refractivity contribution < 1.29 is 0 Å². The van der Waals surface area contributed by atoms with Gasteiger partial charge in [-0.3, -0.25) is 0 Å². The zero-order valence-electron chi connectivity index (χ0n) is 10.2. The van der Waals surface area contributed by atoms with Crippen molar-refractivity contribution >= 4 is 0 Å². The number of piperidine rings is 1. The molecule has 3 N–H and O–H groups in total. The fourth-order valence-corrected chi connectivity index (χ4v) is 2.79. The Hall–Kier alpha value is -0.940. The van der Waals surface area contributed by atoms with Gasteiger partial charge in [-0.05, 0) is 25.8 Å². The van der Waals surface area contributed by atoms with Crippen LogP contribution in [0, 0.1) is 0 Å². The highest BCUT2D eigenvalue weighted by Crippen LogP contribution is 2.14. The minimum atomic E-state index is 0.271. The molecule has 3 heterocycles. The Morgan fingerprint density at radius 2 is 2.29 bits per heavy atom. The number of rotatable bonds is 2. The van der Waals surface area contributed by atoms with E-state index in [0.717, 1.165) is 44.0 Å². The molecule has 17 heavy (non-hydrogen) atoms. The highest BCUT2D eigenvalue weighted by molar-refractivity contribution is 5.00. The molecule has 0 saturated carbocycles. The average molecular weight is 235 g/mol. The van der Waals surface area contributed by atoms with Gasteiger partial charge in [0.25, 0.3) is 0 Å². The van der Waals surface area contributed by atoms with Gasteiger partial charge >= 0.3 is 0 Å². The number of hydrogen-bond acceptors (Lipinski definition) is 4. The van der Waals surface area contributed by atoms with Crippen LogP contribution in [0.15, 0.2) is 0 Å². The van der Waals surface area contributed by atoms with Crippen LogP contribution in [-0.4, -0.2) is 33.4 Å². The molecule has 94 valence electrons. The molecular weight excluding hydrogens is 214 g/mol. The monoisotopic (exact) mass is 235 g/mol. The third-order valence-electron chi connectivity index (χ3n) is 3.79. The molecule has 0 radical (unpaired) electrons. The molecule has 2 aliphatic rings. The summed E-state index contributed by atoms with van der Waals surface area (Å²) in [6.45, 7) is 2.07. The minimum absolute atomic E-state index is 0.271. The van der Waals surface area contributed by atoms with Crippen LogP contribution < -0.4 is 11.1 Å². The highest BCUT2D eigenvalue weighted by atomic mass is 15.4. The maximum absolute atomic E-state index is 5.95. The lowest BCUT2D eigenvalue weighted by atomic mass is 10.0. The van der Waals surface area contributed by atoms with Gasteiger partial charge in [-0.1, -0.05) is 6.42 Å². The second kappa shape index (κ2) is 4.74. The molecule has 0 spiro atoms. The van der Waals surface area contributed by atoms with Gasteiger partial charge in [0.15, 0.2) is 5.82 Å². The number of nitrogens with one attached hydrogen (secondary N) is 1. The lowest BCUT2D eigenvalue weighted by Crippen LogP contribution is -2.35. The van der Waals surface area contributed by atoms with E-state index in [9.17, 15) is 0 Å².